The summed E-state index contributed by atoms with van der Waals surface area (Å²) in [6.45, 7) is 0. The molecular weight excluding hydrogens is 66.9 g/mol. The second kappa shape index (κ2) is 1.02. The Morgan fingerprint density at radius 2 is 1.75 bits per heavy atom. The van der Waals surface area contributed by atoms with E-state index < -0.39 is 0 Å². The fraction of sp³-hybridized carbons (Fsp3) is 1.00. The highest BCUT2D eigenvalue weighted by molar-refractivity contribution is 8.04. The highest BCUT2D eigenvalue weighted by Crippen LogP contribution is 2.05. The zero-order valence-corrected chi connectivity index (χ0v) is 3.22. The Balaban J connectivity index is 2.00. The highest BCUT2D eigenvalue weighted by atomic mass is 32.2. The maximum absolute atomic E-state index is 2.27. The highest BCUT2D eigenvalue weighted by Gasteiger charge is 1.98. The Hall–Kier alpha value is 0.415. The van der Waals surface area contributed by atoms with E-state index >= 15 is 0 Å². The van der Waals surface area contributed by atoms with Crippen LogP contribution < -0.4 is 0 Å². The molecule has 0 spiro atoms. The Morgan fingerprint density at radius 1 is 1.50 bits per heavy atom. The summed E-state index contributed by atoms with van der Waals surface area (Å²) in [5.41, 5.74) is 2.58. The van der Waals surface area contributed by atoms with Crippen molar-refractivity contribution in [1.29, 1.82) is 0 Å². The smallest absolute Gasteiger partial charge is 0.136 e. The summed E-state index contributed by atoms with van der Waals surface area (Å²) in [5.74, 6) is 0. The fourth-order valence-corrected chi connectivity index (χ4v) is 0.354. The first-order valence-electron chi connectivity index (χ1n) is 1.39. The predicted octanol–water partition coefficient (Wildman–Crippen LogP) is 0.352. The van der Waals surface area contributed by atoms with Gasteiger partial charge in [-0.15, -0.1) is 0 Å². The average Bonchev–Trinajstić information content (AvgIpc) is 0.722. The molecule has 0 atom stereocenters. The van der Waals surface area contributed by atoms with Crippen LogP contribution in [0.1, 0.15) is 0 Å². The standard InChI is InChI=1S/C2H4BS/c1-3-2-4-1/h1-2H2. The molecule has 0 saturated carbocycles. The molecule has 1 rings (SSSR count). The minimum Gasteiger partial charge on any atom is -0.180 e. The van der Waals surface area contributed by atoms with Gasteiger partial charge in [0.15, 0.2) is 0 Å². The van der Waals surface area contributed by atoms with Gasteiger partial charge in [-0.2, -0.15) is 11.8 Å². The van der Waals surface area contributed by atoms with Crippen molar-refractivity contribution in [2.45, 2.75) is 0 Å². The van der Waals surface area contributed by atoms with Crippen LogP contribution in [0.15, 0.2) is 0 Å². The van der Waals surface area contributed by atoms with Gasteiger partial charge in [0.1, 0.15) is 7.28 Å². The van der Waals surface area contributed by atoms with Crippen molar-refractivity contribution >= 4 is 19.0 Å². The molecule has 2 heteroatoms. The Kier molecular flexibility index (Phi) is 0.675. The zero-order chi connectivity index (χ0) is 2.83. The van der Waals surface area contributed by atoms with Crippen LogP contribution in [-0.2, 0) is 0 Å². The van der Waals surface area contributed by atoms with Crippen LogP contribution in [0.5, 0.6) is 0 Å². The molecule has 0 nitrogen and oxygen atoms in total. The molecule has 0 aromatic carbocycles. The van der Waals surface area contributed by atoms with Gasteiger partial charge in [-0.1, -0.05) is 0 Å². The van der Waals surface area contributed by atoms with E-state index in [-0.39, 0.29) is 0 Å². The average molecular weight is 70.9 g/mol. The van der Waals surface area contributed by atoms with Crippen LogP contribution in [0, 0.1) is 0 Å². The largest absolute Gasteiger partial charge is 0.180 e. The normalized spacial score (nSPS) is 22.0. The van der Waals surface area contributed by atoms with Gasteiger partial charge in [0.2, 0.25) is 0 Å². The van der Waals surface area contributed by atoms with Gasteiger partial charge in [0.05, 0.1) is 0 Å². The van der Waals surface area contributed by atoms with Crippen molar-refractivity contribution in [3.05, 3.63) is 0 Å². The molecule has 0 aromatic heterocycles. The summed E-state index contributed by atoms with van der Waals surface area (Å²) >= 11 is 1.98. The number of thioether (sulfide) groups is 1. The minimum absolute atomic E-state index is 1.29. The molecule has 1 saturated heterocycles. The molecule has 0 N–H and O–H groups in total. The molecule has 1 heterocycles. The summed E-state index contributed by atoms with van der Waals surface area (Å²) in [6, 6.07) is 0. The molecule has 21 valence electrons. The van der Waals surface area contributed by atoms with Crippen molar-refractivity contribution < 1.29 is 0 Å². The lowest BCUT2D eigenvalue weighted by atomic mass is 9.85. The lowest BCUT2D eigenvalue weighted by molar-refractivity contribution is 1.89. The third-order valence-corrected chi connectivity index (χ3v) is 1.41. The van der Waals surface area contributed by atoms with Gasteiger partial charge in [0, 0.05) is 0 Å². The molecule has 1 radical (unpaired) electrons. The van der Waals surface area contributed by atoms with Crippen LogP contribution >= 0.6 is 11.8 Å². The fourth-order valence-electron chi connectivity index (χ4n) is 0.118. The van der Waals surface area contributed by atoms with E-state index in [4.69, 9.17) is 0 Å². The van der Waals surface area contributed by atoms with Crippen LogP contribution in [0.25, 0.3) is 0 Å². The van der Waals surface area contributed by atoms with Crippen molar-refractivity contribution in [2.24, 2.45) is 0 Å². The summed E-state index contributed by atoms with van der Waals surface area (Å²) in [4.78, 5) is 0. The Bertz CT molecular complexity index is 14.0. The van der Waals surface area contributed by atoms with Gasteiger partial charge in [-0.25, -0.2) is 0 Å². The van der Waals surface area contributed by atoms with Crippen LogP contribution in [0.3, 0.4) is 0 Å². The summed E-state index contributed by atoms with van der Waals surface area (Å²) in [7, 11) is 2.27. The second-order valence-corrected chi connectivity index (χ2v) is 1.90. The van der Waals surface area contributed by atoms with E-state index in [1.165, 1.54) is 11.3 Å². The maximum atomic E-state index is 2.27. The number of rotatable bonds is 0. The molecular formula is C2H4BS. The topological polar surface area (TPSA) is 0 Å². The quantitative estimate of drug-likeness (QED) is 0.371. The first kappa shape index (κ1) is 2.64. The van der Waals surface area contributed by atoms with E-state index in [9.17, 15) is 0 Å². The second-order valence-electron chi connectivity index (χ2n) is 0.826. The van der Waals surface area contributed by atoms with Crippen molar-refractivity contribution in [3.8, 4) is 0 Å². The van der Waals surface area contributed by atoms with E-state index in [1.807, 2.05) is 11.8 Å². The molecule has 1 aliphatic heterocycles. The van der Waals surface area contributed by atoms with E-state index in [0.29, 0.717) is 0 Å². The summed E-state index contributed by atoms with van der Waals surface area (Å²) < 4.78 is 0. The Morgan fingerprint density at radius 3 is 1.75 bits per heavy atom. The SMILES string of the molecule is [B]1CSC1. The monoisotopic (exact) mass is 71.0 g/mol. The van der Waals surface area contributed by atoms with Crippen LogP contribution in [0.2, 0.25) is 0 Å². The molecule has 0 unspecified atom stereocenters. The third kappa shape index (κ3) is 0.248. The van der Waals surface area contributed by atoms with Gasteiger partial charge >= 0.3 is 0 Å². The first-order chi connectivity index (χ1) is 2.00. The van der Waals surface area contributed by atoms with E-state index in [2.05, 4.69) is 7.28 Å². The summed E-state index contributed by atoms with van der Waals surface area (Å²) in [5, 5.41) is 0. The minimum atomic E-state index is 1.29. The van der Waals surface area contributed by atoms with Gasteiger partial charge < -0.3 is 0 Å². The Labute approximate surface area is 31.2 Å². The van der Waals surface area contributed by atoms with Crippen molar-refractivity contribution in [1.82, 2.24) is 0 Å². The maximum Gasteiger partial charge on any atom is 0.136 e. The van der Waals surface area contributed by atoms with Gasteiger partial charge in [-0.3, -0.25) is 0 Å². The van der Waals surface area contributed by atoms with Crippen molar-refractivity contribution in [3.63, 3.8) is 0 Å². The molecule has 0 amide bonds. The van der Waals surface area contributed by atoms with E-state index in [0.717, 1.165) is 0 Å². The van der Waals surface area contributed by atoms with E-state index in [1.54, 1.807) is 0 Å². The number of hydrogen-bond donors (Lipinski definition) is 0. The molecule has 4 heavy (non-hydrogen) atoms. The van der Waals surface area contributed by atoms with Crippen LogP contribution in [-0.4, -0.2) is 18.6 Å². The summed E-state index contributed by atoms with van der Waals surface area (Å²) in [6.07, 6.45) is 0. The number of hydrogen-bond acceptors (Lipinski definition) is 1. The predicted molar refractivity (Wildman–Crippen MR) is 23.1 cm³/mol. The van der Waals surface area contributed by atoms with Gasteiger partial charge in [-0.05, 0) is 11.3 Å². The molecule has 1 fully saturated rings. The van der Waals surface area contributed by atoms with Crippen molar-refractivity contribution in [2.75, 3.05) is 11.3 Å². The molecule has 0 aliphatic carbocycles. The van der Waals surface area contributed by atoms with Crippen LogP contribution in [0.4, 0.5) is 0 Å². The molecule has 0 bridgehead atoms. The molecule has 1 aliphatic rings. The lowest BCUT2D eigenvalue weighted by Gasteiger charge is -2.03. The third-order valence-electron chi connectivity index (χ3n) is 0.471. The molecule has 0 aromatic rings. The first-order valence-corrected chi connectivity index (χ1v) is 2.55. The lowest BCUT2D eigenvalue weighted by Crippen LogP contribution is -2.10. The van der Waals surface area contributed by atoms with Gasteiger partial charge in [0.25, 0.3) is 0 Å². The zero-order valence-electron chi connectivity index (χ0n) is 2.40.